The molecule has 2 aromatic rings. The fourth-order valence-electron chi connectivity index (χ4n) is 5.32. The Kier molecular flexibility index (Phi) is 7.26. The Labute approximate surface area is 206 Å². The molecule has 0 saturated heterocycles. The third-order valence-corrected chi connectivity index (χ3v) is 7.32. The van der Waals surface area contributed by atoms with Gasteiger partial charge in [-0.05, 0) is 42.4 Å². The van der Waals surface area contributed by atoms with Crippen LogP contribution < -0.4 is 15.5 Å². The fourth-order valence-corrected chi connectivity index (χ4v) is 5.32. The first-order valence-electron chi connectivity index (χ1n) is 12.5. The average Bonchev–Trinajstić information content (AvgIpc) is 3.32. The maximum absolute atomic E-state index is 13.7. The second-order valence-electron chi connectivity index (χ2n) is 10.3. The van der Waals surface area contributed by atoms with E-state index in [-0.39, 0.29) is 24.3 Å². The lowest BCUT2D eigenvalue weighted by Crippen LogP contribution is -2.51. The maximum atomic E-state index is 13.7. The van der Waals surface area contributed by atoms with Crippen molar-refractivity contribution in [1.29, 1.82) is 0 Å². The largest absolute Gasteiger partial charge is 0.383 e. The minimum Gasteiger partial charge on any atom is -0.383 e. The van der Waals surface area contributed by atoms with Gasteiger partial charge in [0.15, 0.2) is 0 Å². The lowest BCUT2D eigenvalue weighted by Gasteiger charge is -2.31. The van der Waals surface area contributed by atoms with Crippen molar-refractivity contribution in [3.8, 4) is 11.1 Å². The Balaban J connectivity index is 1.59. The van der Waals surface area contributed by atoms with Crippen LogP contribution in [0.1, 0.15) is 57.6 Å². The van der Waals surface area contributed by atoms with Crippen molar-refractivity contribution in [2.45, 2.75) is 58.1 Å². The van der Waals surface area contributed by atoms with E-state index in [9.17, 15) is 19.5 Å². The molecule has 35 heavy (non-hydrogen) atoms. The first-order valence-corrected chi connectivity index (χ1v) is 12.5. The van der Waals surface area contributed by atoms with Crippen molar-refractivity contribution >= 4 is 23.4 Å². The minimum atomic E-state index is -1.10. The number of nitrogens with zero attached hydrogens (tertiary/aromatic N) is 1. The molecule has 1 heterocycles. The number of carbonyl (C=O) groups is 3. The molecule has 3 N–H and O–H groups in total. The molecule has 1 aliphatic carbocycles. The summed E-state index contributed by atoms with van der Waals surface area (Å²) in [6.07, 6.45) is 2.26. The van der Waals surface area contributed by atoms with Crippen LogP contribution in [0.4, 0.5) is 5.69 Å². The number of carbonyl (C=O) groups excluding carboxylic acids is 3. The van der Waals surface area contributed by atoms with Crippen LogP contribution in [-0.4, -0.2) is 42.5 Å². The second-order valence-corrected chi connectivity index (χ2v) is 10.3. The predicted octanol–water partition coefficient (Wildman–Crippen LogP) is 3.57. The lowest BCUT2D eigenvalue weighted by atomic mass is 9.84. The number of anilines is 1. The van der Waals surface area contributed by atoms with Crippen LogP contribution in [0.25, 0.3) is 11.1 Å². The molecule has 0 bridgehead atoms. The summed E-state index contributed by atoms with van der Waals surface area (Å²) < 4.78 is 0. The first-order chi connectivity index (χ1) is 16.7. The molecule has 3 amide bonds. The topological polar surface area (TPSA) is 98.7 Å². The van der Waals surface area contributed by atoms with E-state index in [4.69, 9.17) is 0 Å². The molecule has 186 valence electrons. The van der Waals surface area contributed by atoms with Gasteiger partial charge < -0.3 is 20.6 Å². The van der Waals surface area contributed by atoms with E-state index in [1.165, 1.54) is 0 Å². The zero-order valence-electron chi connectivity index (χ0n) is 20.7. The number of rotatable bonds is 7. The van der Waals surface area contributed by atoms with Crippen LogP contribution in [0.3, 0.4) is 0 Å². The van der Waals surface area contributed by atoms with Crippen molar-refractivity contribution in [2.75, 3.05) is 18.5 Å². The Morgan fingerprint density at radius 3 is 2.37 bits per heavy atom. The number of para-hydroxylation sites is 1. The van der Waals surface area contributed by atoms with Gasteiger partial charge in [0.2, 0.25) is 11.8 Å². The molecule has 2 atom stereocenters. The van der Waals surface area contributed by atoms with Crippen LogP contribution >= 0.6 is 0 Å². The molecule has 2 aromatic carbocycles. The number of hydrogen-bond acceptors (Lipinski definition) is 4. The SMILES string of the molecule is CC(C)CC(O)C(=O)NCC1(C(=O)NC2C(=O)N(C)c3ccccc3-c3ccccc32)CCCC1. The summed E-state index contributed by atoms with van der Waals surface area (Å²) in [4.78, 5) is 41.4. The van der Waals surface area contributed by atoms with Gasteiger partial charge in [-0.1, -0.05) is 69.2 Å². The number of nitrogens with one attached hydrogen (secondary N) is 2. The molecule has 4 rings (SSSR count). The van der Waals surface area contributed by atoms with E-state index < -0.39 is 23.5 Å². The van der Waals surface area contributed by atoms with Gasteiger partial charge in [0.25, 0.3) is 5.91 Å². The second kappa shape index (κ2) is 10.2. The molecule has 2 unspecified atom stereocenters. The normalized spacial score (nSPS) is 19.5. The van der Waals surface area contributed by atoms with Gasteiger partial charge in [-0.25, -0.2) is 0 Å². The van der Waals surface area contributed by atoms with Crippen molar-refractivity contribution in [1.82, 2.24) is 10.6 Å². The fraction of sp³-hybridized carbons (Fsp3) is 0.464. The summed E-state index contributed by atoms with van der Waals surface area (Å²) in [5, 5.41) is 16.0. The Morgan fingerprint density at radius 1 is 1.06 bits per heavy atom. The minimum absolute atomic E-state index is 0.144. The van der Waals surface area contributed by atoms with E-state index in [1.807, 2.05) is 62.4 Å². The van der Waals surface area contributed by atoms with Crippen LogP contribution in [0, 0.1) is 11.3 Å². The molecule has 1 saturated carbocycles. The van der Waals surface area contributed by atoms with Crippen molar-refractivity contribution in [2.24, 2.45) is 11.3 Å². The first kappa shape index (κ1) is 24.9. The monoisotopic (exact) mass is 477 g/mol. The van der Waals surface area contributed by atoms with E-state index in [0.29, 0.717) is 19.3 Å². The highest BCUT2D eigenvalue weighted by molar-refractivity contribution is 6.06. The average molecular weight is 478 g/mol. The van der Waals surface area contributed by atoms with Crippen LogP contribution in [0.5, 0.6) is 0 Å². The van der Waals surface area contributed by atoms with Gasteiger partial charge in [-0.2, -0.15) is 0 Å². The summed E-state index contributed by atoms with van der Waals surface area (Å²) in [6, 6.07) is 14.6. The summed E-state index contributed by atoms with van der Waals surface area (Å²) in [7, 11) is 1.73. The number of hydrogen-bond donors (Lipinski definition) is 3. The highest BCUT2D eigenvalue weighted by Gasteiger charge is 2.44. The van der Waals surface area contributed by atoms with Crippen molar-refractivity contribution in [3.63, 3.8) is 0 Å². The maximum Gasteiger partial charge on any atom is 0.253 e. The van der Waals surface area contributed by atoms with E-state index in [1.54, 1.807) is 11.9 Å². The third-order valence-electron chi connectivity index (χ3n) is 7.32. The molecule has 0 spiro atoms. The Morgan fingerprint density at radius 2 is 1.69 bits per heavy atom. The lowest BCUT2D eigenvalue weighted by molar-refractivity contribution is -0.136. The molecule has 7 nitrogen and oxygen atoms in total. The molecule has 1 aliphatic heterocycles. The molecule has 0 aromatic heterocycles. The van der Waals surface area contributed by atoms with E-state index in [0.717, 1.165) is 35.2 Å². The highest BCUT2D eigenvalue weighted by atomic mass is 16.3. The summed E-state index contributed by atoms with van der Waals surface area (Å²) >= 11 is 0. The Bertz CT molecular complexity index is 1110. The molecule has 0 radical (unpaired) electrons. The third kappa shape index (κ3) is 4.96. The zero-order chi connectivity index (χ0) is 25.2. The molecule has 1 fully saturated rings. The van der Waals surface area contributed by atoms with Crippen molar-refractivity contribution < 1.29 is 19.5 Å². The number of likely N-dealkylation sites (N-methyl/N-ethyl adjacent to an activating group) is 1. The van der Waals surface area contributed by atoms with Crippen molar-refractivity contribution in [3.05, 3.63) is 54.1 Å². The van der Waals surface area contributed by atoms with Crippen LogP contribution in [-0.2, 0) is 14.4 Å². The summed E-state index contributed by atoms with van der Waals surface area (Å²) in [5.74, 6) is -0.716. The number of aliphatic hydroxyl groups is 1. The number of amides is 3. The molecular formula is C28H35N3O4. The van der Waals surface area contributed by atoms with Crippen LogP contribution in [0.2, 0.25) is 0 Å². The summed E-state index contributed by atoms with van der Waals surface area (Å²) in [6.45, 7) is 4.03. The summed E-state index contributed by atoms with van der Waals surface area (Å²) in [5.41, 5.74) is 2.60. The number of aliphatic hydroxyl groups excluding tert-OH is 1. The van der Waals surface area contributed by atoms with Gasteiger partial charge in [-0.15, -0.1) is 0 Å². The van der Waals surface area contributed by atoms with Gasteiger partial charge in [0, 0.05) is 19.2 Å². The number of benzene rings is 2. The quantitative estimate of drug-likeness (QED) is 0.568. The Hall–Kier alpha value is -3.19. The van der Waals surface area contributed by atoms with Crippen LogP contribution in [0.15, 0.2) is 48.5 Å². The highest BCUT2D eigenvalue weighted by Crippen LogP contribution is 2.42. The zero-order valence-corrected chi connectivity index (χ0v) is 20.7. The van der Waals surface area contributed by atoms with Gasteiger partial charge in [-0.3, -0.25) is 14.4 Å². The standard InChI is InChI=1S/C28H35N3O4/c1-18(2)16-23(32)25(33)29-17-28(14-8-9-15-28)27(35)30-24-21-12-5-4-10-19(21)20-11-6-7-13-22(20)31(3)26(24)34/h4-7,10-13,18,23-24,32H,8-9,14-17H2,1-3H3,(H,29,33)(H,30,35). The molecule has 2 aliphatic rings. The van der Waals surface area contributed by atoms with Gasteiger partial charge >= 0.3 is 0 Å². The smallest absolute Gasteiger partial charge is 0.253 e. The number of fused-ring (bicyclic) bond motifs is 3. The molecular weight excluding hydrogens is 442 g/mol. The van der Waals surface area contributed by atoms with Gasteiger partial charge in [0.1, 0.15) is 12.1 Å². The molecule has 7 heteroatoms. The van der Waals surface area contributed by atoms with Gasteiger partial charge in [0.05, 0.1) is 11.1 Å². The van der Waals surface area contributed by atoms with E-state index in [2.05, 4.69) is 10.6 Å². The predicted molar refractivity (Wildman–Crippen MR) is 136 cm³/mol. The van der Waals surface area contributed by atoms with E-state index >= 15 is 0 Å².